The molecule has 0 aliphatic rings. The molecule has 1 aromatic heterocycles. The number of carbonyl (C=O) groups is 1. The summed E-state index contributed by atoms with van der Waals surface area (Å²) in [5.74, 6) is -1.04. The Morgan fingerprint density at radius 3 is 2.94 bits per heavy atom. The average molecular weight is 267 g/mol. The lowest BCUT2D eigenvalue weighted by Gasteiger charge is -2.02. The van der Waals surface area contributed by atoms with Crippen LogP contribution in [-0.2, 0) is 4.74 Å². The second kappa shape index (κ2) is 5.14. The average Bonchev–Trinajstić information content (AvgIpc) is 2.72. The summed E-state index contributed by atoms with van der Waals surface area (Å²) in [5.41, 5.74) is 0.541. The summed E-state index contributed by atoms with van der Waals surface area (Å²) in [4.78, 5) is 25.4. The van der Waals surface area contributed by atoms with E-state index in [4.69, 9.17) is 4.74 Å². The predicted octanol–water partition coefficient (Wildman–Crippen LogP) is 2.42. The molecule has 0 bridgehead atoms. The lowest BCUT2D eigenvalue weighted by Crippen LogP contribution is -2.08. The third kappa shape index (κ3) is 2.48. The second-order valence-electron chi connectivity index (χ2n) is 3.45. The van der Waals surface area contributed by atoms with Crippen LogP contribution in [0.4, 0.5) is 4.39 Å². The van der Waals surface area contributed by atoms with Gasteiger partial charge in [-0.1, -0.05) is 23.5 Å². The number of carbonyl (C=O) groups excluding carboxylic acids is 1. The number of thiazole rings is 1. The number of hydrogen-bond acceptors (Lipinski definition) is 4. The van der Waals surface area contributed by atoms with Crippen molar-refractivity contribution in [1.82, 2.24) is 4.98 Å². The molecule has 0 unspecified atom stereocenters. The maximum absolute atomic E-state index is 13.1. The number of halogens is 1. The minimum absolute atomic E-state index is 0.0671. The molecule has 0 aliphatic heterocycles. The SMILES string of the molecule is CCOC(=O)c1[nH]c(=O)sc1-c1cccc(F)c1. The van der Waals surface area contributed by atoms with Gasteiger partial charge in [0.15, 0.2) is 0 Å². The summed E-state index contributed by atoms with van der Waals surface area (Å²) in [6.07, 6.45) is 0. The first-order chi connectivity index (χ1) is 8.61. The fourth-order valence-electron chi connectivity index (χ4n) is 1.51. The quantitative estimate of drug-likeness (QED) is 0.869. The van der Waals surface area contributed by atoms with Crippen molar-refractivity contribution < 1.29 is 13.9 Å². The van der Waals surface area contributed by atoms with E-state index in [0.29, 0.717) is 10.4 Å². The van der Waals surface area contributed by atoms with Gasteiger partial charge in [-0.25, -0.2) is 9.18 Å². The van der Waals surface area contributed by atoms with Gasteiger partial charge in [0, 0.05) is 0 Å². The molecular formula is C12H10FNO3S. The van der Waals surface area contributed by atoms with Gasteiger partial charge in [-0.3, -0.25) is 4.79 Å². The normalized spacial score (nSPS) is 10.3. The third-order valence-electron chi connectivity index (χ3n) is 2.22. The molecule has 2 aromatic rings. The summed E-state index contributed by atoms with van der Waals surface area (Å²) in [6, 6.07) is 5.71. The zero-order valence-electron chi connectivity index (χ0n) is 9.53. The number of H-pyrrole nitrogens is 1. The van der Waals surface area contributed by atoms with Crippen molar-refractivity contribution in [3.8, 4) is 10.4 Å². The third-order valence-corrected chi connectivity index (χ3v) is 3.15. The van der Waals surface area contributed by atoms with E-state index in [1.54, 1.807) is 13.0 Å². The molecule has 1 aromatic carbocycles. The van der Waals surface area contributed by atoms with E-state index in [1.165, 1.54) is 18.2 Å². The minimum atomic E-state index is -0.616. The van der Waals surface area contributed by atoms with Gasteiger partial charge in [-0.2, -0.15) is 0 Å². The van der Waals surface area contributed by atoms with Crippen molar-refractivity contribution in [2.75, 3.05) is 6.61 Å². The smallest absolute Gasteiger partial charge is 0.356 e. The Kier molecular flexibility index (Phi) is 3.57. The Bertz CT molecular complexity index is 632. The van der Waals surface area contributed by atoms with Crippen LogP contribution >= 0.6 is 11.3 Å². The summed E-state index contributed by atoms with van der Waals surface area (Å²) >= 11 is 0.852. The van der Waals surface area contributed by atoms with Crippen molar-refractivity contribution in [3.05, 3.63) is 45.4 Å². The van der Waals surface area contributed by atoms with Gasteiger partial charge in [0.25, 0.3) is 0 Å². The highest BCUT2D eigenvalue weighted by atomic mass is 32.1. The summed E-state index contributed by atoms with van der Waals surface area (Å²) in [5, 5.41) is 0. The molecule has 0 fully saturated rings. The van der Waals surface area contributed by atoms with E-state index < -0.39 is 11.8 Å². The van der Waals surface area contributed by atoms with Crippen LogP contribution in [0, 0.1) is 5.82 Å². The second-order valence-corrected chi connectivity index (χ2v) is 4.43. The standard InChI is InChI=1S/C12H10FNO3S/c1-2-17-11(15)9-10(18-12(16)14-9)7-4-3-5-8(13)6-7/h3-6H,2H2,1H3,(H,14,16). The van der Waals surface area contributed by atoms with E-state index in [-0.39, 0.29) is 17.2 Å². The molecule has 6 heteroatoms. The number of aromatic nitrogens is 1. The first kappa shape index (κ1) is 12.5. The minimum Gasteiger partial charge on any atom is -0.461 e. The summed E-state index contributed by atoms with van der Waals surface area (Å²) in [7, 11) is 0. The first-order valence-corrected chi connectivity index (χ1v) is 6.09. The Balaban J connectivity index is 2.51. The van der Waals surface area contributed by atoms with E-state index in [2.05, 4.69) is 4.98 Å². The molecule has 18 heavy (non-hydrogen) atoms. The van der Waals surface area contributed by atoms with Crippen LogP contribution in [0.15, 0.2) is 29.1 Å². The van der Waals surface area contributed by atoms with Crippen LogP contribution in [0.25, 0.3) is 10.4 Å². The molecular weight excluding hydrogens is 257 g/mol. The van der Waals surface area contributed by atoms with Gasteiger partial charge >= 0.3 is 10.8 Å². The molecule has 2 rings (SSSR count). The Morgan fingerprint density at radius 2 is 2.28 bits per heavy atom. The van der Waals surface area contributed by atoms with Gasteiger partial charge < -0.3 is 9.72 Å². The summed E-state index contributed by atoms with van der Waals surface area (Å²) < 4.78 is 18.0. The van der Waals surface area contributed by atoms with Crippen LogP contribution in [0.1, 0.15) is 17.4 Å². The highest BCUT2D eigenvalue weighted by molar-refractivity contribution is 7.13. The number of nitrogens with one attached hydrogen (secondary N) is 1. The lowest BCUT2D eigenvalue weighted by atomic mass is 10.1. The van der Waals surface area contributed by atoms with E-state index in [9.17, 15) is 14.0 Å². The molecule has 0 spiro atoms. The lowest BCUT2D eigenvalue weighted by molar-refractivity contribution is 0.0521. The summed E-state index contributed by atoms with van der Waals surface area (Å²) in [6.45, 7) is 1.88. The van der Waals surface area contributed by atoms with Crippen molar-refractivity contribution in [2.24, 2.45) is 0 Å². The monoisotopic (exact) mass is 267 g/mol. The molecule has 0 saturated heterocycles. The number of aromatic amines is 1. The largest absolute Gasteiger partial charge is 0.461 e. The number of esters is 1. The maximum Gasteiger partial charge on any atom is 0.356 e. The van der Waals surface area contributed by atoms with Crippen LogP contribution in [0.5, 0.6) is 0 Å². The van der Waals surface area contributed by atoms with Gasteiger partial charge in [-0.05, 0) is 24.6 Å². The maximum atomic E-state index is 13.1. The van der Waals surface area contributed by atoms with E-state index in [1.807, 2.05) is 0 Å². The van der Waals surface area contributed by atoms with Gasteiger partial charge in [0.2, 0.25) is 0 Å². The number of benzene rings is 1. The van der Waals surface area contributed by atoms with Gasteiger partial charge in [0.1, 0.15) is 11.5 Å². The van der Waals surface area contributed by atoms with Crippen LogP contribution in [0.2, 0.25) is 0 Å². The van der Waals surface area contributed by atoms with Crippen molar-refractivity contribution >= 4 is 17.3 Å². The molecule has 4 nitrogen and oxygen atoms in total. The molecule has 1 N–H and O–H groups in total. The van der Waals surface area contributed by atoms with Crippen LogP contribution in [0.3, 0.4) is 0 Å². The number of ether oxygens (including phenoxy) is 1. The topological polar surface area (TPSA) is 59.2 Å². The Hall–Kier alpha value is -1.95. The zero-order valence-corrected chi connectivity index (χ0v) is 10.3. The fourth-order valence-corrected chi connectivity index (χ4v) is 2.33. The highest BCUT2D eigenvalue weighted by Crippen LogP contribution is 2.26. The molecule has 0 amide bonds. The Morgan fingerprint density at radius 1 is 1.50 bits per heavy atom. The van der Waals surface area contributed by atoms with Crippen LogP contribution < -0.4 is 4.87 Å². The van der Waals surface area contributed by atoms with Gasteiger partial charge in [0.05, 0.1) is 11.5 Å². The highest BCUT2D eigenvalue weighted by Gasteiger charge is 2.18. The van der Waals surface area contributed by atoms with Crippen molar-refractivity contribution in [3.63, 3.8) is 0 Å². The first-order valence-electron chi connectivity index (χ1n) is 5.28. The Labute approximate surface area is 106 Å². The van der Waals surface area contributed by atoms with Crippen molar-refractivity contribution in [2.45, 2.75) is 6.92 Å². The van der Waals surface area contributed by atoms with E-state index >= 15 is 0 Å². The van der Waals surface area contributed by atoms with E-state index in [0.717, 1.165) is 11.3 Å². The number of rotatable bonds is 3. The fraction of sp³-hybridized carbons (Fsp3) is 0.167. The predicted molar refractivity (Wildman–Crippen MR) is 66.3 cm³/mol. The molecule has 0 aliphatic carbocycles. The zero-order chi connectivity index (χ0) is 13.1. The van der Waals surface area contributed by atoms with Gasteiger partial charge in [-0.15, -0.1) is 0 Å². The van der Waals surface area contributed by atoms with Crippen molar-refractivity contribution in [1.29, 1.82) is 0 Å². The molecule has 0 saturated carbocycles. The molecule has 0 radical (unpaired) electrons. The number of hydrogen-bond donors (Lipinski definition) is 1. The van der Waals surface area contributed by atoms with Crippen LogP contribution in [-0.4, -0.2) is 17.6 Å². The molecule has 0 atom stereocenters. The molecule has 1 heterocycles. The molecule has 94 valence electrons.